The lowest BCUT2D eigenvalue weighted by Gasteiger charge is -2.24. The number of hydrogen-bond donors (Lipinski definition) is 0. The Hall–Kier alpha value is -2.88. The van der Waals surface area contributed by atoms with Gasteiger partial charge in [0, 0.05) is 6.42 Å². The molecule has 1 aromatic carbocycles. The maximum Gasteiger partial charge on any atom is 0.416 e. The molecule has 0 radical (unpaired) electrons. The van der Waals surface area contributed by atoms with Crippen LogP contribution in [0.4, 0.5) is 4.79 Å². The van der Waals surface area contributed by atoms with Gasteiger partial charge in [0.1, 0.15) is 6.61 Å². The number of carbonyl (C=O) groups is 3. The molecule has 1 fully saturated rings. The molecule has 7 heteroatoms. The summed E-state index contributed by atoms with van der Waals surface area (Å²) in [6.45, 7) is 0.114. The molecule has 25 heavy (non-hydrogen) atoms. The molecule has 2 amide bonds. The van der Waals surface area contributed by atoms with E-state index < -0.39 is 29.9 Å². The van der Waals surface area contributed by atoms with Crippen LogP contribution in [0.15, 0.2) is 30.3 Å². The number of hydrogen-bond acceptors (Lipinski definition) is 6. The highest BCUT2D eigenvalue weighted by Crippen LogP contribution is 2.23. The predicted octanol–water partition coefficient (Wildman–Crippen LogP) is 2.06. The van der Waals surface area contributed by atoms with E-state index in [4.69, 9.17) is 10.00 Å². The fourth-order valence-corrected chi connectivity index (χ4v) is 2.80. The van der Waals surface area contributed by atoms with Crippen molar-refractivity contribution in [2.24, 2.45) is 5.92 Å². The van der Waals surface area contributed by atoms with Crippen LogP contribution in [0.25, 0.3) is 0 Å². The minimum Gasteiger partial charge on any atom is -0.469 e. The van der Waals surface area contributed by atoms with Crippen molar-refractivity contribution in [3.8, 4) is 6.07 Å². The summed E-state index contributed by atoms with van der Waals surface area (Å²) in [5.74, 6) is -1.83. The van der Waals surface area contributed by atoms with Crippen molar-refractivity contribution >= 4 is 18.0 Å². The van der Waals surface area contributed by atoms with Crippen LogP contribution in [0.5, 0.6) is 0 Å². The molecular weight excluding hydrogens is 324 g/mol. The summed E-state index contributed by atoms with van der Waals surface area (Å²) in [6.07, 6.45) is -0.107. The minimum atomic E-state index is -0.781. The molecule has 1 saturated heterocycles. The van der Waals surface area contributed by atoms with E-state index in [9.17, 15) is 14.4 Å². The van der Waals surface area contributed by atoms with Crippen LogP contribution < -0.4 is 0 Å². The molecule has 0 aromatic heterocycles. The minimum absolute atomic E-state index is 0.111. The fourth-order valence-electron chi connectivity index (χ4n) is 2.80. The van der Waals surface area contributed by atoms with Gasteiger partial charge in [-0.15, -0.1) is 0 Å². The molecule has 1 heterocycles. The van der Waals surface area contributed by atoms with Gasteiger partial charge in [-0.1, -0.05) is 30.3 Å². The van der Waals surface area contributed by atoms with Gasteiger partial charge >= 0.3 is 12.1 Å². The van der Waals surface area contributed by atoms with E-state index in [-0.39, 0.29) is 25.9 Å². The van der Waals surface area contributed by atoms with Crippen molar-refractivity contribution in [3.05, 3.63) is 35.9 Å². The molecule has 2 rings (SSSR count). The van der Waals surface area contributed by atoms with Crippen molar-refractivity contribution < 1.29 is 23.9 Å². The molecule has 0 saturated carbocycles. The second kappa shape index (κ2) is 8.83. The molecule has 132 valence electrons. The van der Waals surface area contributed by atoms with Gasteiger partial charge in [0.15, 0.2) is 0 Å². The Labute approximate surface area is 146 Å². The topological polar surface area (TPSA) is 96.7 Å². The Morgan fingerprint density at radius 3 is 2.76 bits per heavy atom. The summed E-state index contributed by atoms with van der Waals surface area (Å²) in [4.78, 5) is 37.5. The third-order valence-electron chi connectivity index (χ3n) is 4.11. The average Bonchev–Trinajstić information content (AvgIpc) is 2.98. The van der Waals surface area contributed by atoms with E-state index in [2.05, 4.69) is 4.74 Å². The van der Waals surface area contributed by atoms with Crippen molar-refractivity contribution in [3.63, 3.8) is 0 Å². The highest BCUT2D eigenvalue weighted by molar-refractivity contribution is 5.96. The zero-order valence-corrected chi connectivity index (χ0v) is 14.0. The van der Waals surface area contributed by atoms with E-state index in [1.807, 2.05) is 36.4 Å². The highest BCUT2D eigenvalue weighted by atomic mass is 16.6. The summed E-state index contributed by atoms with van der Waals surface area (Å²) in [5.41, 5.74) is 0.977. The van der Waals surface area contributed by atoms with Gasteiger partial charge in [-0.2, -0.15) is 5.26 Å². The first kappa shape index (κ1) is 18.5. The van der Waals surface area contributed by atoms with Crippen LogP contribution in [-0.4, -0.2) is 42.6 Å². The lowest BCUT2D eigenvalue weighted by Crippen LogP contribution is -2.44. The first-order valence-electron chi connectivity index (χ1n) is 8.04. The van der Waals surface area contributed by atoms with E-state index in [1.165, 1.54) is 7.11 Å². The van der Waals surface area contributed by atoms with Crippen molar-refractivity contribution in [1.29, 1.82) is 5.26 Å². The lowest BCUT2D eigenvalue weighted by molar-refractivity contribution is -0.146. The SMILES string of the molecule is COC(=O)C[C@@H](CCC#N)C(=O)N1C(=O)OC[C@H]1Cc1ccccc1. The fraction of sp³-hybridized carbons (Fsp3) is 0.444. The Kier molecular flexibility index (Phi) is 6.52. The first-order chi connectivity index (χ1) is 12.1. The molecule has 7 nitrogen and oxygen atoms in total. The molecule has 1 aliphatic rings. The number of cyclic esters (lactones) is 1. The van der Waals surface area contributed by atoms with E-state index in [0.717, 1.165) is 10.5 Å². The van der Waals surface area contributed by atoms with Gasteiger partial charge in [0.25, 0.3) is 0 Å². The Morgan fingerprint density at radius 2 is 2.12 bits per heavy atom. The summed E-state index contributed by atoms with van der Waals surface area (Å²) < 4.78 is 9.66. The molecule has 1 aromatic rings. The summed E-state index contributed by atoms with van der Waals surface area (Å²) in [5, 5.41) is 8.77. The van der Waals surface area contributed by atoms with Crippen LogP contribution in [0.1, 0.15) is 24.8 Å². The number of nitrogens with zero attached hydrogens (tertiary/aromatic N) is 2. The quantitative estimate of drug-likeness (QED) is 0.702. The maximum atomic E-state index is 12.8. The Bertz CT molecular complexity index is 668. The van der Waals surface area contributed by atoms with E-state index in [0.29, 0.717) is 6.42 Å². The number of benzene rings is 1. The van der Waals surface area contributed by atoms with Gasteiger partial charge in [0.2, 0.25) is 5.91 Å². The van der Waals surface area contributed by atoms with Crippen LogP contribution in [0, 0.1) is 17.2 Å². The second-order valence-corrected chi connectivity index (χ2v) is 5.80. The normalized spacial score (nSPS) is 17.5. The smallest absolute Gasteiger partial charge is 0.416 e. The number of esters is 1. The van der Waals surface area contributed by atoms with Gasteiger partial charge in [0.05, 0.1) is 31.6 Å². The molecule has 0 unspecified atom stereocenters. The third-order valence-corrected chi connectivity index (χ3v) is 4.11. The van der Waals surface area contributed by atoms with Crippen molar-refractivity contribution in [2.75, 3.05) is 13.7 Å². The number of carbonyl (C=O) groups excluding carboxylic acids is 3. The largest absolute Gasteiger partial charge is 0.469 e. The van der Waals surface area contributed by atoms with Crippen LogP contribution in [0.2, 0.25) is 0 Å². The van der Waals surface area contributed by atoms with Crippen LogP contribution >= 0.6 is 0 Å². The summed E-state index contributed by atoms with van der Waals surface area (Å²) >= 11 is 0. The zero-order chi connectivity index (χ0) is 18.2. The Balaban J connectivity index is 2.14. The van der Waals surface area contributed by atoms with Gasteiger partial charge < -0.3 is 9.47 Å². The first-order valence-corrected chi connectivity index (χ1v) is 8.04. The molecule has 0 N–H and O–H groups in total. The van der Waals surface area contributed by atoms with E-state index in [1.54, 1.807) is 0 Å². The summed E-state index contributed by atoms with van der Waals surface area (Å²) in [6, 6.07) is 11.0. The monoisotopic (exact) mass is 344 g/mol. The molecule has 0 bridgehead atoms. The van der Waals surface area contributed by atoms with Crippen molar-refractivity contribution in [1.82, 2.24) is 4.90 Å². The van der Waals surface area contributed by atoms with Gasteiger partial charge in [-0.05, 0) is 18.4 Å². The van der Waals surface area contributed by atoms with Crippen LogP contribution in [-0.2, 0) is 25.5 Å². The summed E-state index contributed by atoms with van der Waals surface area (Å²) in [7, 11) is 1.23. The highest BCUT2D eigenvalue weighted by Gasteiger charge is 2.41. The molecular formula is C18H20N2O5. The second-order valence-electron chi connectivity index (χ2n) is 5.80. The molecule has 1 aliphatic heterocycles. The zero-order valence-electron chi connectivity index (χ0n) is 14.0. The molecule has 0 spiro atoms. The van der Waals surface area contributed by atoms with Crippen LogP contribution in [0.3, 0.4) is 0 Å². The Morgan fingerprint density at radius 1 is 1.40 bits per heavy atom. The number of imide groups is 1. The molecule has 0 aliphatic carbocycles. The third kappa shape index (κ3) is 4.80. The average molecular weight is 344 g/mol. The van der Waals surface area contributed by atoms with E-state index >= 15 is 0 Å². The van der Waals surface area contributed by atoms with Gasteiger partial charge in [-0.25, -0.2) is 9.69 Å². The maximum absolute atomic E-state index is 12.8. The van der Waals surface area contributed by atoms with Gasteiger partial charge in [-0.3, -0.25) is 9.59 Å². The number of ether oxygens (including phenoxy) is 2. The number of rotatable bonds is 7. The van der Waals surface area contributed by atoms with Crippen molar-refractivity contribution in [2.45, 2.75) is 31.7 Å². The molecule has 2 atom stereocenters. The standard InChI is InChI=1S/C18H20N2O5/c1-24-16(21)11-14(8-5-9-19)17(22)20-15(12-25-18(20)23)10-13-6-3-2-4-7-13/h2-4,6-7,14-15H,5,8,10-12H2,1H3/t14-,15-/m1/s1. The number of methoxy groups -OCH3 is 1. The number of nitriles is 1. The lowest BCUT2D eigenvalue weighted by atomic mass is 9.96. The predicted molar refractivity (Wildman–Crippen MR) is 87.1 cm³/mol. The number of amides is 2.